The van der Waals surface area contributed by atoms with Crippen molar-refractivity contribution in [3.8, 4) is 5.75 Å². The van der Waals surface area contributed by atoms with Crippen molar-refractivity contribution >= 4 is 40.2 Å². The van der Waals surface area contributed by atoms with E-state index in [1.54, 1.807) is 25.3 Å². The zero-order valence-electron chi connectivity index (χ0n) is 21.4. The Balaban J connectivity index is 1.33. The minimum absolute atomic E-state index is 0.0927. The van der Waals surface area contributed by atoms with Crippen molar-refractivity contribution in [3.05, 3.63) is 64.8 Å². The summed E-state index contributed by atoms with van der Waals surface area (Å²) < 4.78 is 20.9. The largest absolute Gasteiger partial charge is 0.497 e. The second-order valence-corrected chi connectivity index (χ2v) is 11.3. The number of carboxylic acid groups (broad SMARTS) is 1. The number of nitrogens with zero attached hydrogens (tertiary/aromatic N) is 2. The van der Waals surface area contributed by atoms with Crippen LogP contribution in [0.3, 0.4) is 0 Å². The van der Waals surface area contributed by atoms with Gasteiger partial charge >= 0.3 is 5.97 Å². The van der Waals surface area contributed by atoms with Crippen molar-refractivity contribution in [2.75, 3.05) is 32.5 Å². The van der Waals surface area contributed by atoms with Crippen LogP contribution in [-0.2, 0) is 4.79 Å². The number of alkyl halides is 1. The van der Waals surface area contributed by atoms with E-state index in [1.807, 2.05) is 11.8 Å². The molecule has 1 aliphatic heterocycles. The Labute approximate surface area is 227 Å². The fourth-order valence-electron chi connectivity index (χ4n) is 5.12. The molecule has 0 spiro atoms. The van der Waals surface area contributed by atoms with Crippen molar-refractivity contribution in [1.29, 1.82) is 0 Å². The first-order valence-corrected chi connectivity index (χ1v) is 14.1. The summed E-state index contributed by atoms with van der Waals surface area (Å²) >= 11 is 8.24. The molecule has 5 nitrogen and oxygen atoms in total. The molecule has 2 heterocycles. The molecule has 198 valence electrons. The van der Waals surface area contributed by atoms with Gasteiger partial charge in [-0.3, -0.25) is 9.78 Å². The molecule has 0 unspecified atom stereocenters. The zero-order chi connectivity index (χ0) is 26.4. The number of thioether (sulfide) groups is 1. The summed E-state index contributed by atoms with van der Waals surface area (Å²) in [6.07, 6.45) is 2.53. The van der Waals surface area contributed by atoms with Crippen LogP contribution in [0.4, 0.5) is 4.39 Å². The molecule has 1 N–H and O–H groups in total. The SMILES string of the molecule is COc1ccc2ncc(Cl)c([C@H](F)CCC3(C(=O)O)CCN(CCCSc4ccccc4C)CC3)c2c1. The number of rotatable bonds is 11. The second kappa shape index (κ2) is 12.5. The first-order chi connectivity index (χ1) is 17.8. The monoisotopic (exact) mass is 544 g/mol. The van der Waals surface area contributed by atoms with Gasteiger partial charge in [0.25, 0.3) is 0 Å². The highest BCUT2D eigenvalue weighted by Gasteiger charge is 2.41. The van der Waals surface area contributed by atoms with E-state index >= 15 is 4.39 Å². The summed E-state index contributed by atoms with van der Waals surface area (Å²) in [4.78, 5) is 20.3. The summed E-state index contributed by atoms with van der Waals surface area (Å²) in [5.41, 5.74) is 1.37. The maximum absolute atomic E-state index is 15.6. The first-order valence-electron chi connectivity index (χ1n) is 12.7. The van der Waals surface area contributed by atoms with E-state index in [0.29, 0.717) is 48.1 Å². The van der Waals surface area contributed by atoms with Crippen LogP contribution in [0.25, 0.3) is 10.9 Å². The van der Waals surface area contributed by atoms with E-state index < -0.39 is 17.6 Å². The average molecular weight is 545 g/mol. The minimum atomic E-state index is -1.39. The zero-order valence-corrected chi connectivity index (χ0v) is 23.0. The van der Waals surface area contributed by atoms with Gasteiger partial charge in [-0.15, -0.1) is 11.8 Å². The third-order valence-corrected chi connectivity index (χ3v) is 9.06. The van der Waals surface area contributed by atoms with Crippen molar-refractivity contribution in [2.45, 2.75) is 50.1 Å². The average Bonchev–Trinajstić information content (AvgIpc) is 2.90. The number of aryl methyl sites for hydroxylation is 1. The van der Waals surface area contributed by atoms with E-state index in [9.17, 15) is 9.90 Å². The van der Waals surface area contributed by atoms with Gasteiger partial charge in [0.1, 0.15) is 11.9 Å². The lowest BCUT2D eigenvalue weighted by atomic mass is 9.74. The maximum Gasteiger partial charge on any atom is 0.309 e. The minimum Gasteiger partial charge on any atom is -0.497 e. The van der Waals surface area contributed by atoms with Crippen LogP contribution in [0.2, 0.25) is 5.02 Å². The number of fused-ring (bicyclic) bond motifs is 1. The Morgan fingerprint density at radius 3 is 2.73 bits per heavy atom. The molecule has 0 aliphatic carbocycles. The summed E-state index contributed by atoms with van der Waals surface area (Å²) in [6.45, 7) is 4.51. The number of aliphatic carboxylic acids is 1. The number of hydrogen-bond acceptors (Lipinski definition) is 5. The van der Waals surface area contributed by atoms with Gasteiger partial charge in [0.2, 0.25) is 0 Å². The quantitative estimate of drug-likeness (QED) is 0.201. The number of carbonyl (C=O) groups is 1. The molecule has 1 saturated heterocycles. The van der Waals surface area contributed by atoms with E-state index in [0.717, 1.165) is 18.7 Å². The van der Waals surface area contributed by atoms with Crippen LogP contribution in [0, 0.1) is 12.3 Å². The molecule has 1 aromatic heterocycles. The maximum atomic E-state index is 15.6. The molecule has 8 heteroatoms. The third kappa shape index (κ3) is 6.57. The number of carboxylic acids is 1. The van der Waals surface area contributed by atoms with Crippen LogP contribution in [0.5, 0.6) is 5.75 Å². The van der Waals surface area contributed by atoms with Crippen LogP contribution in [0.1, 0.15) is 49.4 Å². The lowest BCUT2D eigenvalue weighted by Gasteiger charge is -2.39. The smallest absolute Gasteiger partial charge is 0.309 e. The fraction of sp³-hybridized carbons (Fsp3) is 0.448. The molecular weight excluding hydrogens is 511 g/mol. The summed E-state index contributed by atoms with van der Waals surface area (Å²) in [5.74, 6) is 0.791. The van der Waals surface area contributed by atoms with Crippen LogP contribution < -0.4 is 4.74 Å². The number of likely N-dealkylation sites (tertiary alicyclic amines) is 1. The van der Waals surface area contributed by atoms with Crippen molar-refractivity contribution in [3.63, 3.8) is 0 Å². The predicted octanol–water partition coefficient (Wildman–Crippen LogP) is 7.35. The number of hydrogen-bond donors (Lipinski definition) is 1. The molecule has 0 bridgehead atoms. The number of halogens is 2. The molecule has 0 saturated carbocycles. The van der Waals surface area contributed by atoms with Gasteiger partial charge in [-0.2, -0.15) is 0 Å². The number of piperidine rings is 1. The highest BCUT2D eigenvalue weighted by atomic mass is 35.5. The van der Waals surface area contributed by atoms with E-state index in [1.165, 1.54) is 16.7 Å². The molecule has 1 aliphatic rings. The molecule has 1 fully saturated rings. The Morgan fingerprint density at radius 2 is 2.03 bits per heavy atom. The van der Waals surface area contributed by atoms with Gasteiger partial charge in [0.15, 0.2) is 0 Å². The van der Waals surface area contributed by atoms with Crippen molar-refractivity contribution in [2.24, 2.45) is 5.41 Å². The Morgan fingerprint density at radius 1 is 1.27 bits per heavy atom. The number of pyridine rings is 1. The van der Waals surface area contributed by atoms with Gasteiger partial charge in [-0.25, -0.2) is 4.39 Å². The Bertz CT molecular complexity index is 1230. The third-order valence-electron chi connectivity index (χ3n) is 7.49. The van der Waals surface area contributed by atoms with Gasteiger partial charge < -0.3 is 14.7 Å². The highest BCUT2D eigenvalue weighted by molar-refractivity contribution is 7.99. The number of ether oxygens (including phenoxy) is 1. The van der Waals surface area contributed by atoms with Gasteiger partial charge in [0, 0.05) is 22.0 Å². The van der Waals surface area contributed by atoms with Crippen molar-refractivity contribution < 1.29 is 19.0 Å². The molecule has 37 heavy (non-hydrogen) atoms. The van der Waals surface area contributed by atoms with Crippen molar-refractivity contribution in [1.82, 2.24) is 9.88 Å². The normalized spacial score (nSPS) is 16.5. The van der Waals surface area contributed by atoms with Crippen LogP contribution in [0.15, 0.2) is 53.6 Å². The summed E-state index contributed by atoms with van der Waals surface area (Å²) in [5, 5.41) is 11.0. The van der Waals surface area contributed by atoms with Gasteiger partial charge in [-0.1, -0.05) is 29.8 Å². The van der Waals surface area contributed by atoms with Crippen LogP contribution in [-0.4, -0.2) is 53.5 Å². The van der Waals surface area contributed by atoms with E-state index in [2.05, 4.69) is 41.1 Å². The first kappa shape index (κ1) is 27.7. The van der Waals surface area contributed by atoms with E-state index in [-0.39, 0.29) is 17.9 Å². The lowest BCUT2D eigenvalue weighted by molar-refractivity contribution is -0.153. The molecule has 2 aromatic carbocycles. The van der Waals surface area contributed by atoms with Crippen LogP contribution >= 0.6 is 23.4 Å². The number of benzene rings is 2. The lowest BCUT2D eigenvalue weighted by Crippen LogP contribution is -2.44. The summed E-state index contributed by atoms with van der Waals surface area (Å²) in [6, 6.07) is 13.7. The molecule has 0 radical (unpaired) electrons. The fourth-order valence-corrected chi connectivity index (χ4v) is 6.36. The Hall–Kier alpha value is -2.35. The molecule has 3 aromatic rings. The van der Waals surface area contributed by atoms with Gasteiger partial charge in [-0.05, 0) is 94.2 Å². The Kier molecular flexibility index (Phi) is 9.32. The number of methoxy groups -OCH3 is 1. The molecular formula is C29H34ClFN2O3S. The summed E-state index contributed by atoms with van der Waals surface area (Å²) in [7, 11) is 1.55. The molecule has 4 rings (SSSR count). The van der Waals surface area contributed by atoms with E-state index in [4.69, 9.17) is 16.3 Å². The standard InChI is InChI=1S/C29H34ClFN2O3S/c1-20-6-3-4-7-26(20)37-17-5-14-33-15-12-29(13-16-33,28(34)35)11-10-24(31)27-22-18-21(36-2)8-9-25(22)32-19-23(27)30/h3-4,6-9,18-19,24H,5,10-17H2,1-2H3,(H,34,35)/t24-/m1/s1. The predicted molar refractivity (Wildman–Crippen MR) is 149 cm³/mol. The topological polar surface area (TPSA) is 62.7 Å². The second-order valence-electron chi connectivity index (χ2n) is 9.80. The molecule has 1 atom stereocenters. The number of aromatic nitrogens is 1. The van der Waals surface area contributed by atoms with Gasteiger partial charge in [0.05, 0.1) is 23.1 Å². The highest BCUT2D eigenvalue weighted by Crippen LogP contribution is 2.42. The molecule has 0 amide bonds.